The van der Waals surface area contributed by atoms with Crippen LogP contribution in [0.5, 0.6) is 0 Å². The maximum Gasteiger partial charge on any atom is 0.276 e. The van der Waals surface area contributed by atoms with Crippen molar-refractivity contribution >= 4 is 15.7 Å². The lowest BCUT2D eigenvalue weighted by Gasteiger charge is -2.34. The zero-order valence-electron chi connectivity index (χ0n) is 12.8. The topological polar surface area (TPSA) is 58.5 Å². The third-order valence-electron chi connectivity index (χ3n) is 5.66. The van der Waals surface area contributed by atoms with Crippen molar-refractivity contribution < 1.29 is 8.42 Å². The Morgan fingerprint density at radius 2 is 1.77 bits per heavy atom. The minimum absolute atomic E-state index is 0.283. The summed E-state index contributed by atoms with van der Waals surface area (Å²) < 4.78 is 24.7. The Kier molecular flexibility index (Phi) is 3.29. The minimum Gasteiger partial charge on any atom is -0.200 e. The van der Waals surface area contributed by atoms with Gasteiger partial charge in [0.2, 0.25) is 0 Å². The number of fused-ring (bicyclic) bond motifs is 2. The van der Waals surface area contributed by atoms with E-state index >= 15 is 0 Å². The minimum atomic E-state index is -3.55. The molecular weight excluding hydrogens is 296 g/mol. The zero-order valence-corrected chi connectivity index (χ0v) is 13.6. The van der Waals surface area contributed by atoms with Gasteiger partial charge in [-0.3, -0.25) is 0 Å². The van der Waals surface area contributed by atoms with Gasteiger partial charge in [0, 0.05) is 11.6 Å². The van der Waals surface area contributed by atoms with Crippen molar-refractivity contribution in [2.24, 2.45) is 28.8 Å². The summed E-state index contributed by atoms with van der Waals surface area (Å²) in [5.41, 5.74) is 2.14. The Bertz CT molecular complexity index is 707. The van der Waals surface area contributed by atoms with Crippen molar-refractivity contribution in [3.8, 4) is 0 Å². The molecule has 118 valence electrons. The summed E-state index contributed by atoms with van der Waals surface area (Å²) in [6.45, 7) is 1.94. The van der Waals surface area contributed by atoms with E-state index in [2.05, 4.69) is 9.93 Å². The van der Waals surface area contributed by atoms with Gasteiger partial charge in [0.15, 0.2) is 0 Å². The van der Waals surface area contributed by atoms with E-state index in [1.165, 1.54) is 25.7 Å². The Balaban J connectivity index is 1.55. The first-order valence-corrected chi connectivity index (χ1v) is 9.64. The predicted octanol–water partition coefficient (Wildman–Crippen LogP) is 3.09. The molecule has 0 spiro atoms. The largest absolute Gasteiger partial charge is 0.276 e. The molecule has 4 rings (SSSR count). The first kappa shape index (κ1) is 14.2. The number of benzene rings is 1. The van der Waals surface area contributed by atoms with E-state index < -0.39 is 10.0 Å². The van der Waals surface area contributed by atoms with Crippen LogP contribution in [0, 0.1) is 30.6 Å². The lowest BCUT2D eigenvalue weighted by atomic mass is 9.71. The number of nitrogens with one attached hydrogen (secondary N) is 1. The summed E-state index contributed by atoms with van der Waals surface area (Å²) in [6, 6.07) is 6.89. The SMILES string of the molecule is Cc1ccc(S(=O)(=O)N/N=C2/C[C@H]3C[C@@H]4C[C@@H](C3)[C@H]2C4)cc1. The normalized spacial score (nSPS) is 35.0. The van der Waals surface area contributed by atoms with E-state index in [1.807, 2.05) is 19.1 Å². The summed E-state index contributed by atoms with van der Waals surface area (Å²) in [6.07, 6.45) is 6.16. The molecule has 3 aliphatic carbocycles. The molecule has 0 aromatic heterocycles. The van der Waals surface area contributed by atoms with Crippen LogP contribution in [0.1, 0.15) is 37.7 Å². The van der Waals surface area contributed by atoms with E-state index in [0.717, 1.165) is 35.4 Å². The van der Waals surface area contributed by atoms with Gasteiger partial charge in [-0.2, -0.15) is 13.5 Å². The number of hydrogen-bond acceptors (Lipinski definition) is 3. The van der Waals surface area contributed by atoms with Gasteiger partial charge in [0.05, 0.1) is 4.90 Å². The van der Waals surface area contributed by atoms with Crippen molar-refractivity contribution in [3.63, 3.8) is 0 Å². The average Bonchev–Trinajstić information content (AvgIpc) is 2.70. The molecule has 1 aromatic carbocycles. The van der Waals surface area contributed by atoms with Gasteiger partial charge in [0.25, 0.3) is 10.0 Å². The second-order valence-electron chi connectivity index (χ2n) is 7.26. The highest BCUT2D eigenvalue weighted by Gasteiger charge is 2.47. The van der Waals surface area contributed by atoms with Crippen molar-refractivity contribution in [1.82, 2.24) is 4.83 Å². The molecule has 0 heterocycles. The Morgan fingerprint density at radius 1 is 1.05 bits per heavy atom. The average molecular weight is 318 g/mol. The number of hydrazone groups is 1. The van der Waals surface area contributed by atoms with Crippen LogP contribution in [0.4, 0.5) is 0 Å². The van der Waals surface area contributed by atoms with E-state index in [1.54, 1.807) is 12.1 Å². The van der Waals surface area contributed by atoms with Crippen molar-refractivity contribution in [2.75, 3.05) is 0 Å². The van der Waals surface area contributed by atoms with Crippen LogP contribution in [-0.2, 0) is 10.0 Å². The van der Waals surface area contributed by atoms with E-state index in [0.29, 0.717) is 5.92 Å². The molecule has 0 amide bonds. The third-order valence-corrected chi connectivity index (χ3v) is 6.89. The zero-order chi connectivity index (χ0) is 15.3. The second-order valence-corrected chi connectivity index (χ2v) is 8.92. The standard InChI is InChI=1S/C17H22N2O2S/c1-11-2-4-15(5-3-11)22(20,21)19-18-17-10-13-6-12-7-14(8-13)16(17)9-12/h2-5,12-14,16,19H,6-10H2,1H3/b18-17-/t12-,13+,14+,16-/m1/s1. The number of rotatable bonds is 3. The maximum absolute atomic E-state index is 12.4. The first-order chi connectivity index (χ1) is 10.5. The fourth-order valence-corrected chi connectivity index (χ4v) is 5.57. The summed E-state index contributed by atoms with van der Waals surface area (Å²) in [4.78, 5) is 2.76. The van der Waals surface area contributed by atoms with Crippen molar-refractivity contribution in [3.05, 3.63) is 29.8 Å². The van der Waals surface area contributed by atoms with Gasteiger partial charge in [-0.25, -0.2) is 4.83 Å². The predicted molar refractivity (Wildman–Crippen MR) is 86.0 cm³/mol. The molecule has 1 aromatic rings. The molecule has 0 aliphatic heterocycles. The van der Waals surface area contributed by atoms with E-state index in [4.69, 9.17) is 0 Å². The summed E-state index contributed by atoms with van der Waals surface area (Å²) in [7, 11) is -3.55. The fourth-order valence-electron chi connectivity index (χ4n) is 4.73. The van der Waals surface area contributed by atoms with Gasteiger partial charge >= 0.3 is 0 Å². The maximum atomic E-state index is 12.4. The third kappa shape index (κ3) is 2.45. The molecule has 4 nitrogen and oxygen atoms in total. The molecule has 3 fully saturated rings. The van der Waals surface area contributed by atoms with Crippen LogP contribution in [0.25, 0.3) is 0 Å². The monoisotopic (exact) mass is 318 g/mol. The molecule has 0 saturated heterocycles. The quantitative estimate of drug-likeness (QED) is 0.871. The number of sulfonamides is 1. The number of hydrogen-bond donors (Lipinski definition) is 1. The smallest absolute Gasteiger partial charge is 0.200 e. The summed E-state index contributed by atoms with van der Waals surface area (Å²) in [5, 5.41) is 4.35. The van der Waals surface area contributed by atoms with E-state index in [9.17, 15) is 8.42 Å². The second kappa shape index (κ2) is 5.08. The molecule has 1 N–H and O–H groups in total. The van der Waals surface area contributed by atoms with Gasteiger partial charge in [-0.05, 0) is 68.9 Å². The van der Waals surface area contributed by atoms with Gasteiger partial charge in [-0.15, -0.1) is 0 Å². The number of nitrogens with zero attached hydrogens (tertiary/aromatic N) is 1. The molecule has 3 bridgehead atoms. The summed E-state index contributed by atoms with van der Waals surface area (Å²) in [5.74, 6) is 2.85. The molecule has 0 unspecified atom stereocenters. The summed E-state index contributed by atoms with van der Waals surface area (Å²) >= 11 is 0. The van der Waals surface area contributed by atoms with Crippen LogP contribution in [0.2, 0.25) is 0 Å². The van der Waals surface area contributed by atoms with Crippen LogP contribution in [0.3, 0.4) is 0 Å². The van der Waals surface area contributed by atoms with Crippen LogP contribution < -0.4 is 4.83 Å². The number of aryl methyl sites for hydroxylation is 1. The Hall–Kier alpha value is -1.36. The molecule has 3 aliphatic rings. The van der Waals surface area contributed by atoms with Gasteiger partial charge < -0.3 is 0 Å². The lowest BCUT2D eigenvalue weighted by molar-refractivity contribution is 0.242. The molecule has 0 radical (unpaired) electrons. The highest BCUT2D eigenvalue weighted by Crippen LogP contribution is 2.53. The van der Waals surface area contributed by atoms with Crippen molar-refractivity contribution in [1.29, 1.82) is 0 Å². The van der Waals surface area contributed by atoms with Gasteiger partial charge in [-0.1, -0.05) is 17.7 Å². The van der Waals surface area contributed by atoms with Crippen LogP contribution >= 0.6 is 0 Å². The van der Waals surface area contributed by atoms with Crippen molar-refractivity contribution in [2.45, 2.75) is 43.9 Å². The van der Waals surface area contributed by atoms with E-state index in [-0.39, 0.29) is 4.90 Å². The molecule has 3 saturated carbocycles. The molecular formula is C17H22N2O2S. The van der Waals surface area contributed by atoms with Crippen LogP contribution in [0.15, 0.2) is 34.3 Å². The molecule has 5 heteroatoms. The molecule has 22 heavy (non-hydrogen) atoms. The molecule has 4 atom stereocenters. The highest BCUT2D eigenvalue weighted by atomic mass is 32.2. The highest BCUT2D eigenvalue weighted by molar-refractivity contribution is 7.89. The Morgan fingerprint density at radius 3 is 2.55 bits per heavy atom. The Labute approximate surface area is 132 Å². The van der Waals surface area contributed by atoms with Crippen LogP contribution in [-0.4, -0.2) is 14.1 Å². The fraction of sp³-hybridized carbons (Fsp3) is 0.588. The lowest BCUT2D eigenvalue weighted by Crippen LogP contribution is -2.32. The van der Waals surface area contributed by atoms with Gasteiger partial charge in [0.1, 0.15) is 0 Å². The first-order valence-electron chi connectivity index (χ1n) is 8.16.